The SMILES string of the molecule is COC(=O)C(Cc1cccc(C(F)(F)F)c1)N=C(c1ccccc1)c1ccccc1. The van der Waals surface area contributed by atoms with E-state index < -0.39 is 23.8 Å². The van der Waals surface area contributed by atoms with Gasteiger partial charge in [0.15, 0.2) is 6.04 Å². The van der Waals surface area contributed by atoms with Gasteiger partial charge in [0.2, 0.25) is 0 Å². The van der Waals surface area contributed by atoms with Crippen LogP contribution >= 0.6 is 0 Å². The van der Waals surface area contributed by atoms with E-state index in [-0.39, 0.29) is 6.42 Å². The Morgan fingerprint density at radius 3 is 1.97 bits per heavy atom. The molecule has 0 saturated heterocycles. The van der Waals surface area contributed by atoms with Crippen LogP contribution in [0.5, 0.6) is 0 Å². The average molecular weight is 411 g/mol. The zero-order chi connectivity index (χ0) is 21.6. The molecular weight excluding hydrogens is 391 g/mol. The molecule has 0 aliphatic carbocycles. The molecule has 1 unspecified atom stereocenters. The molecule has 0 aromatic heterocycles. The number of methoxy groups -OCH3 is 1. The summed E-state index contributed by atoms with van der Waals surface area (Å²) < 4.78 is 44.1. The zero-order valence-electron chi connectivity index (χ0n) is 16.3. The average Bonchev–Trinajstić information content (AvgIpc) is 2.77. The molecule has 3 aromatic carbocycles. The van der Waals surface area contributed by atoms with Gasteiger partial charge in [-0.15, -0.1) is 0 Å². The molecule has 0 bridgehead atoms. The fraction of sp³-hybridized carbons (Fsp3) is 0.167. The molecule has 30 heavy (non-hydrogen) atoms. The molecule has 0 aliphatic heterocycles. The van der Waals surface area contributed by atoms with Crippen LogP contribution in [0.2, 0.25) is 0 Å². The van der Waals surface area contributed by atoms with Crippen molar-refractivity contribution in [2.45, 2.75) is 18.6 Å². The van der Waals surface area contributed by atoms with Gasteiger partial charge in [0.25, 0.3) is 0 Å². The third-order valence-electron chi connectivity index (χ3n) is 4.54. The smallest absolute Gasteiger partial charge is 0.416 e. The van der Waals surface area contributed by atoms with Crippen LogP contribution in [-0.2, 0) is 22.1 Å². The molecule has 0 amide bonds. The summed E-state index contributed by atoms with van der Waals surface area (Å²) in [5.41, 5.74) is 1.74. The Hall–Kier alpha value is -3.41. The first-order valence-electron chi connectivity index (χ1n) is 9.31. The molecule has 0 heterocycles. The van der Waals surface area contributed by atoms with Gasteiger partial charge < -0.3 is 4.74 Å². The molecule has 6 heteroatoms. The zero-order valence-corrected chi connectivity index (χ0v) is 16.3. The second-order valence-electron chi connectivity index (χ2n) is 6.65. The predicted molar refractivity (Wildman–Crippen MR) is 109 cm³/mol. The first-order valence-corrected chi connectivity index (χ1v) is 9.31. The molecule has 0 saturated carbocycles. The summed E-state index contributed by atoms with van der Waals surface area (Å²) in [5.74, 6) is -0.614. The van der Waals surface area contributed by atoms with Gasteiger partial charge in [-0.3, -0.25) is 4.99 Å². The monoisotopic (exact) mass is 411 g/mol. The maximum absolute atomic E-state index is 13.1. The third kappa shape index (κ3) is 5.35. The number of carbonyl (C=O) groups excluding carboxylic acids is 1. The lowest BCUT2D eigenvalue weighted by Gasteiger charge is -2.15. The van der Waals surface area contributed by atoms with Crippen LogP contribution in [0.25, 0.3) is 0 Å². The van der Waals surface area contributed by atoms with Crippen molar-refractivity contribution in [2.24, 2.45) is 4.99 Å². The minimum Gasteiger partial charge on any atom is -0.467 e. The van der Waals surface area contributed by atoms with Crippen LogP contribution in [0.1, 0.15) is 22.3 Å². The quantitative estimate of drug-likeness (QED) is 0.406. The van der Waals surface area contributed by atoms with Gasteiger partial charge in [-0.2, -0.15) is 13.2 Å². The van der Waals surface area contributed by atoms with E-state index in [4.69, 9.17) is 4.74 Å². The minimum atomic E-state index is -4.46. The van der Waals surface area contributed by atoms with Crippen LogP contribution in [0.4, 0.5) is 13.2 Å². The van der Waals surface area contributed by atoms with Gasteiger partial charge in [0, 0.05) is 17.5 Å². The summed E-state index contributed by atoms with van der Waals surface area (Å²) in [7, 11) is 1.24. The number of carbonyl (C=O) groups is 1. The van der Waals surface area contributed by atoms with Crippen molar-refractivity contribution in [2.75, 3.05) is 7.11 Å². The number of nitrogens with zero attached hydrogens (tertiary/aromatic N) is 1. The molecule has 0 aliphatic rings. The van der Waals surface area contributed by atoms with Gasteiger partial charge >= 0.3 is 12.1 Å². The Kier molecular flexibility index (Phi) is 6.67. The fourth-order valence-corrected chi connectivity index (χ4v) is 3.08. The Labute approximate surface area is 172 Å². The Bertz CT molecular complexity index is 974. The third-order valence-corrected chi connectivity index (χ3v) is 4.54. The van der Waals surface area contributed by atoms with Crippen molar-refractivity contribution in [3.63, 3.8) is 0 Å². The normalized spacial score (nSPS) is 12.1. The molecule has 3 rings (SSSR count). The topological polar surface area (TPSA) is 38.7 Å². The molecule has 1 atom stereocenters. The lowest BCUT2D eigenvalue weighted by Crippen LogP contribution is -2.25. The van der Waals surface area contributed by atoms with Crippen molar-refractivity contribution in [1.29, 1.82) is 0 Å². The lowest BCUT2D eigenvalue weighted by atomic mass is 10.00. The van der Waals surface area contributed by atoms with E-state index in [0.717, 1.165) is 23.3 Å². The summed E-state index contributed by atoms with van der Waals surface area (Å²) in [6.45, 7) is 0. The van der Waals surface area contributed by atoms with Crippen molar-refractivity contribution in [3.05, 3.63) is 107 Å². The van der Waals surface area contributed by atoms with E-state index in [1.807, 2.05) is 60.7 Å². The molecule has 0 spiro atoms. The highest BCUT2D eigenvalue weighted by molar-refractivity contribution is 6.13. The van der Waals surface area contributed by atoms with E-state index in [1.54, 1.807) is 6.07 Å². The van der Waals surface area contributed by atoms with Crippen LogP contribution in [0.15, 0.2) is 89.9 Å². The standard InChI is InChI=1S/C24H20F3NO2/c1-30-23(29)21(16-17-9-8-14-20(15-17)24(25,26)27)28-22(18-10-4-2-5-11-18)19-12-6-3-7-13-19/h2-15,21H,16H2,1H3. The van der Waals surface area contributed by atoms with Crippen LogP contribution in [0, 0.1) is 0 Å². The highest BCUT2D eigenvalue weighted by atomic mass is 19.4. The number of hydrogen-bond donors (Lipinski definition) is 0. The summed E-state index contributed by atoms with van der Waals surface area (Å²) >= 11 is 0. The number of ether oxygens (including phenoxy) is 1. The number of aliphatic imine (C=N–C) groups is 1. The summed E-state index contributed by atoms with van der Waals surface area (Å²) in [5, 5.41) is 0. The largest absolute Gasteiger partial charge is 0.467 e. The first kappa shape index (κ1) is 21.3. The number of alkyl halides is 3. The van der Waals surface area contributed by atoms with E-state index in [1.165, 1.54) is 13.2 Å². The van der Waals surface area contributed by atoms with Crippen molar-refractivity contribution < 1.29 is 22.7 Å². The molecule has 0 fully saturated rings. The van der Waals surface area contributed by atoms with Crippen LogP contribution in [-0.4, -0.2) is 24.8 Å². The summed E-state index contributed by atoms with van der Waals surface area (Å²) in [6, 6.07) is 22.5. The van der Waals surface area contributed by atoms with Crippen LogP contribution < -0.4 is 0 Å². The minimum absolute atomic E-state index is 0.0141. The maximum atomic E-state index is 13.1. The van der Waals surface area contributed by atoms with E-state index in [9.17, 15) is 18.0 Å². The molecular formula is C24H20F3NO2. The maximum Gasteiger partial charge on any atom is 0.416 e. The second-order valence-corrected chi connectivity index (χ2v) is 6.65. The number of hydrogen-bond acceptors (Lipinski definition) is 3. The van der Waals surface area contributed by atoms with E-state index >= 15 is 0 Å². The molecule has 3 nitrogen and oxygen atoms in total. The summed E-state index contributed by atoms with van der Waals surface area (Å²) in [4.78, 5) is 17.1. The predicted octanol–water partition coefficient (Wildman–Crippen LogP) is 5.33. The van der Waals surface area contributed by atoms with Gasteiger partial charge in [0.05, 0.1) is 18.4 Å². The summed E-state index contributed by atoms with van der Waals surface area (Å²) in [6.07, 6.45) is -4.47. The van der Waals surface area contributed by atoms with Crippen LogP contribution in [0.3, 0.4) is 0 Å². The second kappa shape index (κ2) is 9.39. The molecule has 3 aromatic rings. The highest BCUT2D eigenvalue weighted by Gasteiger charge is 2.31. The van der Waals surface area contributed by atoms with Gasteiger partial charge in [0.1, 0.15) is 0 Å². The van der Waals surface area contributed by atoms with E-state index in [0.29, 0.717) is 11.3 Å². The number of rotatable bonds is 6. The molecule has 0 N–H and O–H groups in total. The van der Waals surface area contributed by atoms with Crippen molar-refractivity contribution >= 4 is 11.7 Å². The Morgan fingerprint density at radius 2 is 1.47 bits per heavy atom. The highest BCUT2D eigenvalue weighted by Crippen LogP contribution is 2.30. The van der Waals surface area contributed by atoms with Gasteiger partial charge in [-0.25, -0.2) is 4.79 Å². The lowest BCUT2D eigenvalue weighted by molar-refractivity contribution is -0.142. The molecule has 154 valence electrons. The van der Waals surface area contributed by atoms with E-state index in [2.05, 4.69) is 4.99 Å². The van der Waals surface area contributed by atoms with Gasteiger partial charge in [-0.1, -0.05) is 78.9 Å². The fourth-order valence-electron chi connectivity index (χ4n) is 3.08. The van der Waals surface area contributed by atoms with Crippen molar-refractivity contribution in [3.8, 4) is 0 Å². The number of esters is 1. The first-order chi connectivity index (χ1) is 14.4. The van der Waals surface area contributed by atoms with Crippen molar-refractivity contribution in [1.82, 2.24) is 0 Å². The number of benzene rings is 3. The Balaban J connectivity index is 2.03. The Morgan fingerprint density at radius 1 is 0.900 bits per heavy atom. The molecule has 0 radical (unpaired) electrons. The van der Waals surface area contributed by atoms with Gasteiger partial charge in [-0.05, 0) is 11.6 Å². The number of halogens is 3.